The van der Waals surface area contributed by atoms with E-state index in [1.807, 2.05) is 20.2 Å². The molecule has 21 heavy (non-hydrogen) atoms. The van der Waals surface area contributed by atoms with E-state index >= 15 is 0 Å². The standard InChI is InChI=1S/C14H16BrN3O3/c1-17(2)14-12(15)8-11(21-14)7-10(9-16)13(19)18-3-5-20-6-4-18/h7-8H,3-6H2,1-2H3/b10-7+. The van der Waals surface area contributed by atoms with Crippen molar-refractivity contribution in [3.05, 3.63) is 21.9 Å². The molecule has 2 heterocycles. The van der Waals surface area contributed by atoms with Crippen LogP contribution in [0.4, 0.5) is 5.88 Å². The van der Waals surface area contributed by atoms with E-state index in [0.29, 0.717) is 37.9 Å². The minimum Gasteiger partial charge on any atom is -0.440 e. The van der Waals surface area contributed by atoms with Crippen LogP contribution in [0.15, 0.2) is 20.5 Å². The highest BCUT2D eigenvalue weighted by molar-refractivity contribution is 9.10. The van der Waals surface area contributed by atoms with Crippen LogP contribution in [0.3, 0.4) is 0 Å². The van der Waals surface area contributed by atoms with Crippen molar-refractivity contribution in [1.82, 2.24) is 4.90 Å². The molecule has 0 aromatic carbocycles. The van der Waals surface area contributed by atoms with Crippen LogP contribution < -0.4 is 4.90 Å². The molecule has 2 rings (SSSR count). The SMILES string of the molecule is CN(C)c1oc(/C=C(\C#N)C(=O)N2CCOCC2)cc1Br. The minimum atomic E-state index is -0.292. The predicted octanol–water partition coefficient (Wildman–Crippen LogP) is 1.87. The molecule has 0 N–H and O–H groups in total. The van der Waals surface area contributed by atoms with Gasteiger partial charge in [0.25, 0.3) is 5.91 Å². The molecule has 1 amide bonds. The van der Waals surface area contributed by atoms with Crippen molar-refractivity contribution in [3.8, 4) is 6.07 Å². The van der Waals surface area contributed by atoms with Crippen molar-refractivity contribution < 1.29 is 13.9 Å². The number of nitriles is 1. The van der Waals surface area contributed by atoms with Crippen molar-refractivity contribution in [2.24, 2.45) is 0 Å². The highest BCUT2D eigenvalue weighted by Gasteiger charge is 2.21. The molecular weight excluding hydrogens is 338 g/mol. The van der Waals surface area contributed by atoms with Gasteiger partial charge in [0.1, 0.15) is 17.4 Å². The number of hydrogen-bond acceptors (Lipinski definition) is 5. The summed E-state index contributed by atoms with van der Waals surface area (Å²) in [5.41, 5.74) is 0.0588. The third-order valence-electron chi connectivity index (χ3n) is 3.03. The maximum Gasteiger partial charge on any atom is 0.264 e. The molecular formula is C14H16BrN3O3. The van der Waals surface area contributed by atoms with E-state index in [4.69, 9.17) is 9.15 Å². The van der Waals surface area contributed by atoms with Crippen LogP contribution in [0, 0.1) is 11.3 Å². The Morgan fingerprint density at radius 1 is 1.48 bits per heavy atom. The number of ether oxygens (including phenoxy) is 1. The predicted molar refractivity (Wildman–Crippen MR) is 81.7 cm³/mol. The van der Waals surface area contributed by atoms with Crippen LogP contribution in [0.5, 0.6) is 0 Å². The molecule has 1 aromatic heterocycles. The number of rotatable bonds is 3. The summed E-state index contributed by atoms with van der Waals surface area (Å²) in [6, 6.07) is 3.68. The zero-order chi connectivity index (χ0) is 15.4. The van der Waals surface area contributed by atoms with Gasteiger partial charge < -0.3 is 19.0 Å². The van der Waals surface area contributed by atoms with Gasteiger partial charge >= 0.3 is 0 Å². The van der Waals surface area contributed by atoms with E-state index < -0.39 is 0 Å². The molecule has 0 radical (unpaired) electrons. The molecule has 0 spiro atoms. The second kappa shape index (κ2) is 6.78. The summed E-state index contributed by atoms with van der Waals surface area (Å²) in [6.07, 6.45) is 1.47. The zero-order valence-electron chi connectivity index (χ0n) is 11.9. The van der Waals surface area contributed by atoms with E-state index in [1.54, 1.807) is 15.9 Å². The zero-order valence-corrected chi connectivity index (χ0v) is 13.5. The molecule has 112 valence electrons. The van der Waals surface area contributed by atoms with Crippen molar-refractivity contribution in [2.75, 3.05) is 45.3 Å². The second-order valence-electron chi connectivity index (χ2n) is 4.77. The highest BCUT2D eigenvalue weighted by Crippen LogP contribution is 2.30. The molecule has 0 bridgehead atoms. The maximum atomic E-state index is 12.3. The summed E-state index contributed by atoms with van der Waals surface area (Å²) < 4.78 is 11.6. The number of hydrogen-bond donors (Lipinski definition) is 0. The lowest BCUT2D eigenvalue weighted by Crippen LogP contribution is -2.41. The topological polar surface area (TPSA) is 69.7 Å². The van der Waals surface area contributed by atoms with Gasteiger partial charge in [-0.25, -0.2) is 0 Å². The van der Waals surface area contributed by atoms with Gasteiger partial charge in [-0.1, -0.05) is 0 Å². The van der Waals surface area contributed by atoms with Gasteiger partial charge in [-0.05, 0) is 15.9 Å². The van der Waals surface area contributed by atoms with Crippen LogP contribution in [-0.2, 0) is 9.53 Å². The third kappa shape index (κ3) is 3.65. The number of anilines is 1. The average Bonchev–Trinajstić information content (AvgIpc) is 2.86. The first-order valence-electron chi connectivity index (χ1n) is 6.48. The normalized spacial score (nSPS) is 15.7. The molecule has 1 aliphatic rings. The largest absolute Gasteiger partial charge is 0.440 e. The monoisotopic (exact) mass is 353 g/mol. The highest BCUT2D eigenvalue weighted by atomic mass is 79.9. The maximum absolute atomic E-state index is 12.3. The van der Waals surface area contributed by atoms with Gasteiger partial charge in [-0.15, -0.1) is 0 Å². The van der Waals surface area contributed by atoms with Crippen LogP contribution in [-0.4, -0.2) is 51.2 Å². The van der Waals surface area contributed by atoms with Gasteiger partial charge in [0.05, 0.1) is 17.7 Å². The lowest BCUT2D eigenvalue weighted by atomic mass is 10.2. The molecule has 6 nitrogen and oxygen atoms in total. The van der Waals surface area contributed by atoms with Crippen LogP contribution in [0.1, 0.15) is 5.76 Å². The fourth-order valence-electron chi connectivity index (χ4n) is 1.97. The number of nitrogens with zero attached hydrogens (tertiary/aromatic N) is 3. The fourth-order valence-corrected chi connectivity index (χ4v) is 2.63. The van der Waals surface area contributed by atoms with E-state index in [1.165, 1.54) is 6.08 Å². The van der Waals surface area contributed by atoms with Crippen LogP contribution in [0.25, 0.3) is 6.08 Å². The number of amides is 1. The molecule has 1 saturated heterocycles. The number of carbonyl (C=O) groups is 1. The number of carbonyl (C=O) groups excluding carboxylic acids is 1. The van der Waals surface area contributed by atoms with Crippen molar-refractivity contribution in [3.63, 3.8) is 0 Å². The van der Waals surface area contributed by atoms with Gasteiger partial charge in [0.2, 0.25) is 5.88 Å². The summed E-state index contributed by atoms with van der Waals surface area (Å²) in [7, 11) is 3.70. The van der Waals surface area contributed by atoms with Gasteiger partial charge in [-0.3, -0.25) is 4.79 Å². The Morgan fingerprint density at radius 3 is 2.67 bits per heavy atom. The first-order chi connectivity index (χ1) is 10.0. The molecule has 0 atom stereocenters. The molecule has 0 saturated carbocycles. The summed E-state index contributed by atoms with van der Waals surface area (Å²) >= 11 is 3.38. The number of furan rings is 1. The van der Waals surface area contributed by atoms with Gasteiger partial charge in [0, 0.05) is 39.3 Å². The number of halogens is 1. The molecule has 7 heteroatoms. The van der Waals surface area contributed by atoms with Gasteiger partial charge in [-0.2, -0.15) is 5.26 Å². The third-order valence-corrected chi connectivity index (χ3v) is 3.60. The molecule has 1 aliphatic heterocycles. The average molecular weight is 354 g/mol. The van der Waals surface area contributed by atoms with Crippen molar-refractivity contribution in [2.45, 2.75) is 0 Å². The second-order valence-corrected chi connectivity index (χ2v) is 5.63. The molecule has 1 fully saturated rings. The summed E-state index contributed by atoms with van der Waals surface area (Å²) in [5, 5.41) is 9.21. The Hall–Kier alpha value is -1.78. The van der Waals surface area contributed by atoms with E-state index in [0.717, 1.165) is 4.47 Å². The van der Waals surface area contributed by atoms with Crippen LogP contribution >= 0.6 is 15.9 Å². The van der Waals surface area contributed by atoms with Gasteiger partial charge in [0.15, 0.2) is 0 Å². The molecule has 0 aliphatic carbocycles. The molecule has 1 aromatic rings. The van der Waals surface area contributed by atoms with E-state index in [2.05, 4.69) is 15.9 Å². The lowest BCUT2D eigenvalue weighted by Gasteiger charge is -2.26. The van der Waals surface area contributed by atoms with E-state index in [9.17, 15) is 10.1 Å². The van der Waals surface area contributed by atoms with Crippen molar-refractivity contribution in [1.29, 1.82) is 5.26 Å². The Bertz CT molecular complexity index is 595. The first kappa shape index (κ1) is 15.6. The summed E-state index contributed by atoms with van der Waals surface area (Å²) in [4.78, 5) is 15.7. The fraction of sp³-hybridized carbons (Fsp3) is 0.429. The lowest BCUT2D eigenvalue weighted by molar-refractivity contribution is -0.130. The van der Waals surface area contributed by atoms with E-state index in [-0.39, 0.29) is 11.5 Å². The number of morpholine rings is 1. The first-order valence-corrected chi connectivity index (χ1v) is 7.27. The quantitative estimate of drug-likeness (QED) is 0.612. The Balaban J connectivity index is 2.22. The Morgan fingerprint density at radius 2 is 2.14 bits per heavy atom. The van der Waals surface area contributed by atoms with Crippen LogP contribution in [0.2, 0.25) is 0 Å². The molecule has 0 unspecified atom stereocenters. The smallest absolute Gasteiger partial charge is 0.264 e. The Labute approximate surface area is 131 Å². The van der Waals surface area contributed by atoms with Crippen molar-refractivity contribution >= 4 is 33.8 Å². The summed E-state index contributed by atoms with van der Waals surface area (Å²) in [6.45, 7) is 2.01. The Kier molecular flexibility index (Phi) is 5.04. The minimum absolute atomic E-state index is 0.0588. The summed E-state index contributed by atoms with van der Waals surface area (Å²) in [5.74, 6) is 0.806.